The molecule has 6 nitrogen and oxygen atoms in total. The summed E-state index contributed by atoms with van der Waals surface area (Å²) in [7, 11) is 5.05. The number of guanidine groups is 1. The SMILES string of the molecule is CN=C(NCc1ccc(C)cc1OCC1CC1)NCc1cccc(OC)c1OC.I. The summed E-state index contributed by atoms with van der Waals surface area (Å²) in [5, 5.41) is 6.71. The molecule has 0 saturated heterocycles. The summed E-state index contributed by atoms with van der Waals surface area (Å²) in [4.78, 5) is 4.33. The van der Waals surface area contributed by atoms with Crippen LogP contribution in [0.5, 0.6) is 17.2 Å². The first-order valence-corrected chi connectivity index (χ1v) is 10.0. The Balaban J connectivity index is 0.00000320. The number of nitrogens with zero attached hydrogens (tertiary/aromatic N) is 1. The van der Waals surface area contributed by atoms with Crippen molar-refractivity contribution in [3.63, 3.8) is 0 Å². The average Bonchev–Trinajstić information content (AvgIpc) is 3.57. The Labute approximate surface area is 196 Å². The molecule has 2 N–H and O–H groups in total. The first kappa shape index (κ1) is 24.1. The van der Waals surface area contributed by atoms with Crippen molar-refractivity contribution in [2.24, 2.45) is 10.9 Å². The standard InChI is InChI=1S/C23H31N3O3.HI/c1-16-8-11-18(21(12-16)29-15-17-9-10-17)13-25-23(24-2)26-14-19-6-5-7-20(27-3)22(19)28-4;/h5-8,11-12,17H,9-10,13-15H2,1-4H3,(H2,24,25,26);1H. The van der Waals surface area contributed by atoms with Crippen LogP contribution in [-0.2, 0) is 13.1 Å². The zero-order valence-corrected chi connectivity index (χ0v) is 20.5. The van der Waals surface area contributed by atoms with Gasteiger partial charge in [0, 0.05) is 31.3 Å². The number of aliphatic imine (C=N–C) groups is 1. The summed E-state index contributed by atoms with van der Waals surface area (Å²) < 4.78 is 16.9. The summed E-state index contributed by atoms with van der Waals surface area (Å²) in [5.41, 5.74) is 3.32. The van der Waals surface area contributed by atoms with E-state index in [0.717, 1.165) is 35.2 Å². The van der Waals surface area contributed by atoms with Crippen LogP contribution in [0.4, 0.5) is 0 Å². The number of nitrogens with one attached hydrogen (secondary N) is 2. The average molecular weight is 525 g/mol. The molecule has 0 aliphatic heterocycles. The molecule has 1 aliphatic carbocycles. The molecule has 0 atom stereocenters. The van der Waals surface area contributed by atoms with Gasteiger partial charge in [0.05, 0.1) is 20.8 Å². The van der Waals surface area contributed by atoms with Crippen molar-refractivity contribution in [2.75, 3.05) is 27.9 Å². The van der Waals surface area contributed by atoms with Crippen molar-refractivity contribution < 1.29 is 14.2 Å². The second-order valence-electron chi connectivity index (χ2n) is 7.30. The van der Waals surface area contributed by atoms with Crippen LogP contribution in [0.1, 0.15) is 29.5 Å². The van der Waals surface area contributed by atoms with Crippen molar-refractivity contribution in [1.29, 1.82) is 0 Å². The van der Waals surface area contributed by atoms with Crippen LogP contribution in [0.25, 0.3) is 0 Å². The molecule has 164 valence electrons. The summed E-state index contributed by atoms with van der Waals surface area (Å²) in [6, 6.07) is 12.2. The fraction of sp³-hybridized carbons (Fsp3) is 0.435. The van der Waals surface area contributed by atoms with Crippen LogP contribution in [0.3, 0.4) is 0 Å². The fourth-order valence-electron chi connectivity index (χ4n) is 3.11. The number of rotatable bonds is 9. The minimum atomic E-state index is 0. The largest absolute Gasteiger partial charge is 0.493 e. The Kier molecular flexibility index (Phi) is 9.55. The lowest BCUT2D eigenvalue weighted by molar-refractivity contribution is 0.296. The van der Waals surface area contributed by atoms with Crippen LogP contribution in [0, 0.1) is 12.8 Å². The molecule has 0 spiro atoms. The van der Waals surface area contributed by atoms with E-state index in [1.165, 1.54) is 18.4 Å². The number of hydrogen-bond donors (Lipinski definition) is 2. The first-order chi connectivity index (χ1) is 14.1. The van der Waals surface area contributed by atoms with E-state index < -0.39 is 0 Å². The highest BCUT2D eigenvalue weighted by molar-refractivity contribution is 14.0. The minimum Gasteiger partial charge on any atom is -0.493 e. The van der Waals surface area contributed by atoms with Gasteiger partial charge in [-0.15, -0.1) is 24.0 Å². The van der Waals surface area contributed by atoms with Gasteiger partial charge in [0.2, 0.25) is 0 Å². The molecule has 0 aromatic heterocycles. The summed E-state index contributed by atoms with van der Waals surface area (Å²) in [6.45, 7) is 4.09. The number of methoxy groups -OCH3 is 2. The van der Waals surface area contributed by atoms with E-state index in [4.69, 9.17) is 14.2 Å². The molecule has 0 radical (unpaired) electrons. The van der Waals surface area contributed by atoms with Crippen molar-refractivity contribution >= 4 is 29.9 Å². The van der Waals surface area contributed by atoms with Gasteiger partial charge in [-0.1, -0.05) is 24.3 Å². The third-order valence-electron chi connectivity index (χ3n) is 4.99. The highest BCUT2D eigenvalue weighted by Crippen LogP contribution is 2.31. The first-order valence-electron chi connectivity index (χ1n) is 10.0. The van der Waals surface area contributed by atoms with Gasteiger partial charge in [0.1, 0.15) is 5.75 Å². The molecule has 1 saturated carbocycles. The van der Waals surface area contributed by atoms with Crippen LogP contribution in [0.2, 0.25) is 0 Å². The summed E-state index contributed by atoms with van der Waals surface area (Å²) >= 11 is 0. The number of ether oxygens (including phenoxy) is 3. The number of halogens is 1. The maximum absolute atomic E-state index is 6.06. The summed E-state index contributed by atoms with van der Waals surface area (Å²) in [5.74, 6) is 3.83. The maximum atomic E-state index is 6.06. The van der Waals surface area contributed by atoms with E-state index in [1.807, 2.05) is 18.2 Å². The Bertz CT molecular complexity index is 854. The second-order valence-corrected chi connectivity index (χ2v) is 7.30. The van der Waals surface area contributed by atoms with Crippen LogP contribution < -0.4 is 24.8 Å². The lowest BCUT2D eigenvalue weighted by atomic mass is 10.1. The van der Waals surface area contributed by atoms with Crippen molar-refractivity contribution in [2.45, 2.75) is 32.9 Å². The van der Waals surface area contributed by atoms with E-state index in [2.05, 4.69) is 40.7 Å². The molecule has 1 fully saturated rings. The Morgan fingerprint density at radius 3 is 2.37 bits per heavy atom. The number of para-hydroxylation sites is 1. The maximum Gasteiger partial charge on any atom is 0.191 e. The molecule has 2 aromatic carbocycles. The highest BCUT2D eigenvalue weighted by Gasteiger charge is 2.22. The topological polar surface area (TPSA) is 64.1 Å². The van der Waals surface area contributed by atoms with E-state index in [0.29, 0.717) is 24.8 Å². The van der Waals surface area contributed by atoms with Crippen LogP contribution in [0.15, 0.2) is 41.4 Å². The van der Waals surface area contributed by atoms with Gasteiger partial charge in [0.25, 0.3) is 0 Å². The Hall–Kier alpha value is -2.16. The lowest BCUT2D eigenvalue weighted by Crippen LogP contribution is -2.36. The highest BCUT2D eigenvalue weighted by atomic mass is 127. The van der Waals surface area contributed by atoms with E-state index in [-0.39, 0.29) is 24.0 Å². The fourth-order valence-corrected chi connectivity index (χ4v) is 3.11. The predicted octanol–water partition coefficient (Wildman–Crippen LogP) is 4.28. The molecule has 0 amide bonds. The van der Waals surface area contributed by atoms with Crippen LogP contribution in [-0.4, -0.2) is 33.8 Å². The minimum absolute atomic E-state index is 0. The van der Waals surface area contributed by atoms with Gasteiger partial charge in [-0.3, -0.25) is 4.99 Å². The van der Waals surface area contributed by atoms with Crippen molar-refractivity contribution in [3.05, 3.63) is 53.1 Å². The molecule has 3 rings (SSSR count). The molecule has 0 bridgehead atoms. The Morgan fingerprint density at radius 2 is 1.73 bits per heavy atom. The van der Waals surface area contributed by atoms with Gasteiger partial charge in [0.15, 0.2) is 17.5 Å². The van der Waals surface area contributed by atoms with E-state index >= 15 is 0 Å². The van der Waals surface area contributed by atoms with Crippen molar-refractivity contribution in [3.8, 4) is 17.2 Å². The van der Waals surface area contributed by atoms with E-state index in [1.54, 1.807) is 21.3 Å². The number of benzene rings is 2. The van der Waals surface area contributed by atoms with Crippen LogP contribution >= 0.6 is 24.0 Å². The zero-order valence-electron chi connectivity index (χ0n) is 18.2. The molecular formula is C23H32IN3O3. The van der Waals surface area contributed by atoms with E-state index in [9.17, 15) is 0 Å². The lowest BCUT2D eigenvalue weighted by Gasteiger charge is -2.17. The number of aryl methyl sites for hydroxylation is 1. The smallest absolute Gasteiger partial charge is 0.191 e. The third kappa shape index (κ3) is 6.68. The second kappa shape index (κ2) is 11.9. The van der Waals surface area contributed by atoms with Gasteiger partial charge in [-0.2, -0.15) is 0 Å². The quantitative estimate of drug-likeness (QED) is 0.291. The summed E-state index contributed by atoms with van der Waals surface area (Å²) in [6.07, 6.45) is 2.56. The monoisotopic (exact) mass is 525 g/mol. The molecule has 0 heterocycles. The molecule has 7 heteroatoms. The van der Waals surface area contributed by atoms with Gasteiger partial charge >= 0.3 is 0 Å². The molecular weight excluding hydrogens is 493 g/mol. The van der Waals surface area contributed by atoms with Gasteiger partial charge in [-0.05, 0) is 43.4 Å². The zero-order chi connectivity index (χ0) is 20.6. The third-order valence-corrected chi connectivity index (χ3v) is 4.99. The number of hydrogen-bond acceptors (Lipinski definition) is 4. The molecule has 2 aromatic rings. The van der Waals surface area contributed by atoms with Gasteiger partial charge in [-0.25, -0.2) is 0 Å². The Morgan fingerprint density at radius 1 is 1.00 bits per heavy atom. The normalized spacial score (nSPS) is 13.3. The molecule has 1 aliphatic rings. The predicted molar refractivity (Wildman–Crippen MR) is 131 cm³/mol. The van der Waals surface area contributed by atoms with Crippen molar-refractivity contribution in [1.82, 2.24) is 10.6 Å². The van der Waals surface area contributed by atoms with Gasteiger partial charge < -0.3 is 24.8 Å². The molecule has 0 unspecified atom stereocenters. The molecule has 30 heavy (non-hydrogen) atoms.